The minimum absolute atomic E-state index is 0.0186. The molecular formula is C21H27ClN2O5. The van der Waals surface area contributed by atoms with Crippen molar-refractivity contribution in [1.29, 1.82) is 0 Å². The molecule has 158 valence electrons. The van der Waals surface area contributed by atoms with Crippen molar-refractivity contribution in [3.05, 3.63) is 39.6 Å². The molecule has 1 amide bonds. The maximum absolute atomic E-state index is 13.5. The van der Waals surface area contributed by atoms with E-state index in [9.17, 15) is 9.90 Å². The van der Waals surface area contributed by atoms with Crippen LogP contribution in [0.1, 0.15) is 42.4 Å². The molecule has 8 heteroatoms. The maximum atomic E-state index is 13.5. The van der Waals surface area contributed by atoms with E-state index in [1.54, 1.807) is 13.2 Å². The van der Waals surface area contributed by atoms with Crippen LogP contribution in [0.5, 0.6) is 0 Å². The predicted molar refractivity (Wildman–Crippen MR) is 108 cm³/mol. The minimum Gasteiger partial charge on any atom is -0.509 e. The van der Waals surface area contributed by atoms with Crippen LogP contribution >= 0.6 is 11.6 Å². The summed E-state index contributed by atoms with van der Waals surface area (Å²) < 4.78 is 5.60. The monoisotopic (exact) mass is 422 g/mol. The average molecular weight is 423 g/mol. The highest BCUT2D eigenvalue weighted by Gasteiger charge is 2.56. The van der Waals surface area contributed by atoms with Crippen molar-refractivity contribution in [3.8, 4) is 0 Å². The third kappa shape index (κ3) is 3.45. The number of amides is 1. The van der Waals surface area contributed by atoms with Gasteiger partial charge in [-0.1, -0.05) is 17.7 Å². The first-order valence-electron chi connectivity index (χ1n) is 10.00. The van der Waals surface area contributed by atoms with E-state index in [0.29, 0.717) is 49.5 Å². The number of ether oxygens (including phenoxy) is 1. The fraction of sp³-hybridized carbons (Fsp3) is 0.571. The molecule has 0 radical (unpaired) electrons. The summed E-state index contributed by atoms with van der Waals surface area (Å²) in [6.45, 7) is 5.57. The second-order valence-electron chi connectivity index (χ2n) is 7.95. The van der Waals surface area contributed by atoms with Gasteiger partial charge in [0.05, 0.1) is 19.3 Å². The van der Waals surface area contributed by atoms with E-state index in [-0.39, 0.29) is 17.2 Å². The van der Waals surface area contributed by atoms with Gasteiger partial charge < -0.3 is 14.7 Å². The normalized spacial score (nSPS) is 24.9. The average Bonchev–Trinajstić information content (AvgIpc) is 3.26. The highest BCUT2D eigenvalue weighted by Crippen LogP contribution is 2.47. The van der Waals surface area contributed by atoms with Crippen LogP contribution < -0.4 is 0 Å². The lowest BCUT2D eigenvalue weighted by atomic mass is 9.85. The molecule has 1 aromatic rings. The predicted octanol–water partition coefficient (Wildman–Crippen LogP) is 3.53. The molecular weight excluding hydrogens is 396 g/mol. The first-order valence-corrected chi connectivity index (χ1v) is 10.4. The molecule has 1 N–H and O–H groups in total. The number of aliphatic hydroxyl groups is 1. The molecule has 1 atom stereocenters. The van der Waals surface area contributed by atoms with E-state index < -0.39 is 11.8 Å². The summed E-state index contributed by atoms with van der Waals surface area (Å²) in [7, 11) is 1.62. The molecule has 0 bridgehead atoms. The lowest BCUT2D eigenvalue weighted by Gasteiger charge is -2.43. The summed E-state index contributed by atoms with van der Waals surface area (Å²) in [5.74, 6) is -0.358. The number of hydroxylamine groups is 4. The van der Waals surface area contributed by atoms with E-state index in [0.717, 1.165) is 17.5 Å². The lowest BCUT2D eigenvalue weighted by molar-refractivity contribution is -0.291. The first kappa shape index (κ1) is 20.6. The van der Waals surface area contributed by atoms with Gasteiger partial charge in [0.15, 0.2) is 6.29 Å². The molecule has 0 aromatic heterocycles. The van der Waals surface area contributed by atoms with Crippen LogP contribution in [-0.2, 0) is 19.2 Å². The van der Waals surface area contributed by atoms with Crippen molar-refractivity contribution in [2.24, 2.45) is 0 Å². The number of benzene rings is 1. The van der Waals surface area contributed by atoms with Gasteiger partial charge in [-0.25, -0.2) is 9.90 Å². The number of rotatable bonds is 4. The Morgan fingerprint density at radius 1 is 1.28 bits per heavy atom. The molecule has 3 heterocycles. The number of nitrogens with zero attached hydrogens (tertiary/aromatic N) is 2. The van der Waals surface area contributed by atoms with Gasteiger partial charge >= 0.3 is 0 Å². The Morgan fingerprint density at radius 2 is 2.00 bits per heavy atom. The van der Waals surface area contributed by atoms with Crippen molar-refractivity contribution >= 4 is 23.1 Å². The second-order valence-corrected chi connectivity index (χ2v) is 8.36. The molecule has 4 rings (SSSR count). The first-order chi connectivity index (χ1) is 13.9. The highest BCUT2D eigenvalue weighted by molar-refractivity contribution is 6.36. The van der Waals surface area contributed by atoms with Crippen molar-refractivity contribution in [1.82, 2.24) is 10.1 Å². The number of carbonyl (C=O) groups is 1. The summed E-state index contributed by atoms with van der Waals surface area (Å²) in [6, 6.07) is 3.76. The Hall–Kier alpha value is -1.64. The van der Waals surface area contributed by atoms with Crippen LogP contribution in [0, 0.1) is 13.8 Å². The smallest absolute Gasteiger partial charge is 0.282 e. The van der Waals surface area contributed by atoms with E-state index in [4.69, 9.17) is 26.0 Å². The topological polar surface area (TPSA) is 71.5 Å². The van der Waals surface area contributed by atoms with E-state index in [1.165, 1.54) is 5.06 Å². The number of hydrogen-bond acceptors (Lipinski definition) is 6. The van der Waals surface area contributed by atoms with Gasteiger partial charge in [0.25, 0.3) is 5.91 Å². The lowest BCUT2D eigenvalue weighted by Crippen LogP contribution is -2.55. The van der Waals surface area contributed by atoms with Gasteiger partial charge in [-0.05, 0) is 50.3 Å². The molecule has 1 unspecified atom stereocenters. The molecule has 2 fully saturated rings. The highest BCUT2D eigenvalue weighted by atomic mass is 35.5. The zero-order valence-corrected chi connectivity index (χ0v) is 17.8. The molecule has 3 aliphatic heterocycles. The van der Waals surface area contributed by atoms with Gasteiger partial charge in [0, 0.05) is 30.1 Å². The van der Waals surface area contributed by atoms with Gasteiger partial charge in [0.1, 0.15) is 11.3 Å². The molecule has 1 aromatic carbocycles. The summed E-state index contributed by atoms with van der Waals surface area (Å²) in [6.07, 6.45) is 2.07. The van der Waals surface area contributed by atoms with E-state index in [2.05, 4.69) is 0 Å². The SMILES string of the molecule is CON1CCC2(CC1)C(O)=C(c1c(C)cc(C)cc1Cl)C(=O)N2OC1CCCO1. The molecule has 0 aliphatic carbocycles. The summed E-state index contributed by atoms with van der Waals surface area (Å²) in [5.41, 5.74) is 1.67. The molecule has 3 aliphatic rings. The van der Waals surface area contributed by atoms with Crippen molar-refractivity contribution in [3.63, 3.8) is 0 Å². The fourth-order valence-electron chi connectivity index (χ4n) is 4.56. The third-order valence-electron chi connectivity index (χ3n) is 6.07. The largest absolute Gasteiger partial charge is 0.509 e. The van der Waals surface area contributed by atoms with Gasteiger partial charge in [-0.15, -0.1) is 0 Å². The zero-order chi connectivity index (χ0) is 20.8. The number of hydrogen-bond donors (Lipinski definition) is 1. The van der Waals surface area contributed by atoms with Crippen LogP contribution in [0.3, 0.4) is 0 Å². The maximum Gasteiger partial charge on any atom is 0.282 e. The molecule has 7 nitrogen and oxygen atoms in total. The van der Waals surface area contributed by atoms with Gasteiger partial charge in [-0.2, -0.15) is 5.06 Å². The van der Waals surface area contributed by atoms with Gasteiger partial charge in [0.2, 0.25) is 0 Å². The molecule has 0 saturated carbocycles. The van der Waals surface area contributed by atoms with Crippen LogP contribution in [0.2, 0.25) is 5.02 Å². The van der Waals surface area contributed by atoms with E-state index in [1.807, 2.05) is 25.0 Å². The molecule has 1 spiro atoms. The number of carbonyl (C=O) groups excluding carboxylic acids is 1. The standard InChI is InChI=1S/C21H27ClN2O5/c1-13-11-14(2)17(15(22)12-13)18-19(25)21(6-8-23(27-3)9-7-21)24(20(18)26)29-16-5-4-10-28-16/h11-12,16,25H,4-10H2,1-3H3. The number of piperidine rings is 1. The minimum atomic E-state index is -0.950. The molecule has 29 heavy (non-hydrogen) atoms. The van der Waals surface area contributed by atoms with Crippen LogP contribution in [0.25, 0.3) is 5.57 Å². The van der Waals surface area contributed by atoms with Crippen molar-refractivity contribution in [2.75, 3.05) is 26.8 Å². The Kier molecular flexibility index (Phi) is 5.61. The Bertz CT molecular complexity index is 818. The number of aryl methyl sites for hydroxylation is 2. The summed E-state index contributed by atoms with van der Waals surface area (Å²) >= 11 is 6.53. The Morgan fingerprint density at radius 3 is 2.59 bits per heavy atom. The number of aliphatic hydroxyl groups excluding tert-OH is 1. The Balaban J connectivity index is 1.78. The van der Waals surface area contributed by atoms with Gasteiger partial charge in [-0.3, -0.25) is 4.79 Å². The van der Waals surface area contributed by atoms with E-state index >= 15 is 0 Å². The van der Waals surface area contributed by atoms with Crippen LogP contribution in [-0.4, -0.2) is 59.8 Å². The quantitative estimate of drug-likeness (QED) is 0.800. The van der Waals surface area contributed by atoms with Crippen molar-refractivity contribution in [2.45, 2.75) is 51.4 Å². The molecule has 2 saturated heterocycles. The van der Waals surface area contributed by atoms with Crippen LogP contribution in [0.4, 0.5) is 0 Å². The Labute approximate surface area is 175 Å². The summed E-state index contributed by atoms with van der Waals surface area (Å²) in [4.78, 5) is 24.9. The van der Waals surface area contributed by atoms with Crippen LogP contribution in [0.15, 0.2) is 17.9 Å². The fourth-order valence-corrected chi connectivity index (χ4v) is 4.98. The zero-order valence-electron chi connectivity index (χ0n) is 17.0. The summed E-state index contributed by atoms with van der Waals surface area (Å²) in [5, 5.41) is 15.0. The third-order valence-corrected chi connectivity index (χ3v) is 6.36. The van der Waals surface area contributed by atoms with Crippen molar-refractivity contribution < 1.29 is 24.3 Å². The second kappa shape index (κ2) is 7.89. The number of halogens is 1.